The summed E-state index contributed by atoms with van der Waals surface area (Å²) in [6.45, 7) is 1.50. The minimum atomic E-state index is 0.0552. The Morgan fingerprint density at radius 3 is 2.92 bits per heavy atom. The monoisotopic (exact) mass is 354 g/mol. The van der Waals surface area contributed by atoms with Crippen molar-refractivity contribution in [1.82, 2.24) is 24.9 Å². The van der Waals surface area contributed by atoms with Gasteiger partial charge in [-0.15, -0.1) is 0 Å². The van der Waals surface area contributed by atoms with Gasteiger partial charge in [-0.2, -0.15) is 9.61 Å². The first-order chi connectivity index (χ1) is 12.3. The number of nitrogens with one attached hydrogen (secondary N) is 2. The van der Waals surface area contributed by atoms with E-state index in [9.17, 15) is 0 Å². The summed E-state index contributed by atoms with van der Waals surface area (Å²) in [7, 11) is 0. The van der Waals surface area contributed by atoms with Crippen LogP contribution in [0.1, 0.15) is 42.5 Å². The summed E-state index contributed by atoms with van der Waals surface area (Å²) in [5.74, 6) is 1.02. The van der Waals surface area contributed by atoms with Gasteiger partial charge in [-0.1, -0.05) is 30.5 Å². The molecule has 0 aromatic carbocycles. The van der Waals surface area contributed by atoms with E-state index in [-0.39, 0.29) is 5.54 Å². The Hall–Kier alpha value is -2.18. The van der Waals surface area contributed by atoms with Crippen molar-refractivity contribution >= 4 is 23.1 Å². The molecule has 3 aromatic heterocycles. The third-order valence-electron chi connectivity index (χ3n) is 5.40. The maximum atomic E-state index is 5.88. The smallest absolute Gasteiger partial charge is 0.157 e. The van der Waals surface area contributed by atoms with Gasteiger partial charge in [0.15, 0.2) is 5.65 Å². The van der Waals surface area contributed by atoms with Crippen LogP contribution in [-0.4, -0.2) is 19.6 Å². The predicted octanol–water partition coefficient (Wildman–Crippen LogP) is 3.26. The molecule has 6 nitrogen and oxygen atoms in total. The first kappa shape index (κ1) is 15.1. The number of pyridine rings is 1. The van der Waals surface area contributed by atoms with Gasteiger partial charge in [0, 0.05) is 30.9 Å². The van der Waals surface area contributed by atoms with E-state index in [1.54, 1.807) is 12.4 Å². The SMILES string of the molecule is Clc1ccc(CNc2c3c(nc4ccnn24)C2(CCCC2)NC3)cn1. The second kappa shape index (κ2) is 5.68. The van der Waals surface area contributed by atoms with Crippen LogP contribution in [0.5, 0.6) is 0 Å². The van der Waals surface area contributed by atoms with E-state index in [0.717, 1.165) is 36.4 Å². The third kappa shape index (κ3) is 2.40. The summed E-state index contributed by atoms with van der Waals surface area (Å²) in [6, 6.07) is 5.77. The fourth-order valence-corrected chi connectivity index (χ4v) is 4.26. The van der Waals surface area contributed by atoms with Crippen molar-refractivity contribution in [2.75, 3.05) is 5.32 Å². The number of rotatable bonds is 3. The van der Waals surface area contributed by atoms with Crippen LogP contribution in [0.3, 0.4) is 0 Å². The Morgan fingerprint density at radius 1 is 1.24 bits per heavy atom. The lowest BCUT2D eigenvalue weighted by atomic mass is 9.94. The Kier molecular flexibility index (Phi) is 3.43. The van der Waals surface area contributed by atoms with Crippen molar-refractivity contribution in [2.24, 2.45) is 0 Å². The van der Waals surface area contributed by atoms with Gasteiger partial charge in [-0.05, 0) is 24.5 Å². The molecule has 2 aliphatic rings. The molecule has 0 saturated heterocycles. The van der Waals surface area contributed by atoms with E-state index in [0.29, 0.717) is 11.7 Å². The van der Waals surface area contributed by atoms with Crippen molar-refractivity contribution in [3.63, 3.8) is 0 Å². The predicted molar refractivity (Wildman–Crippen MR) is 96.5 cm³/mol. The lowest BCUT2D eigenvalue weighted by Crippen LogP contribution is -2.33. The molecule has 1 spiro atoms. The molecule has 1 aliphatic heterocycles. The number of hydrogen-bond donors (Lipinski definition) is 2. The van der Waals surface area contributed by atoms with Crippen LogP contribution in [0.2, 0.25) is 5.15 Å². The normalized spacial score (nSPS) is 18.1. The van der Waals surface area contributed by atoms with Gasteiger partial charge in [0.25, 0.3) is 0 Å². The molecule has 1 aliphatic carbocycles. The van der Waals surface area contributed by atoms with E-state index in [1.165, 1.54) is 24.1 Å². The van der Waals surface area contributed by atoms with Crippen LogP contribution in [-0.2, 0) is 18.6 Å². The summed E-state index contributed by atoms with van der Waals surface area (Å²) in [6.07, 6.45) is 8.46. The zero-order chi connectivity index (χ0) is 16.9. The second-order valence-electron chi connectivity index (χ2n) is 6.87. The molecule has 0 unspecified atom stereocenters. The van der Waals surface area contributed by atoms with E-state index < -0.39 is 0 Å². The fraction of sp³-hybridized carbons (Fsp3) is 0.389. The highest BCUT2D eigenvalue weighted by molar-refractivity contribution is 6.29. The minimum Gasteiger partial charge on any atom is -0.365 e. The number of aromatic nitrogens is 4. The highest BCUT2D eigenvalue weighted by atomic mass is 35.5. The van der Waals surface area contributed by atoms with Crippen LogP contribution < -0.4 is 10.6 Å². The molecule has 0 bridgehead atoms. The maximum absolute atomic E-state index is 5.88. The largest absolute Gasteiger partial charge is 0.365 e. The molecule has 25 heavy (non-hydrogen) atoms. The second-order valence-corrected chi connectivity index (χ2v) is 7.26. The number of anilines is 1. The number of nitrogens with zero attached hydrogens (tertiary/aromatic N) is 4. The topological polar surface area (TPSA) is 67.1 Å². The van der Waals surface area contributed by atoms with E-state index in [1.807, 2.05) is 22.7 Å². The van der Waals surface area contributed by atoms with Gasteiger partial charge in [0.1, 0.15) is 11.0 Å². The lowest BCUT2D eigenvalue weighted by molar-refractivity contribution is 0.365. The molecule has 5 rings (SSSR count). The Morgan fingerprint density at radius 2 is 2.12 bits per heavy atom. The molecule has 0 atom stereocenters. The Balaban J connectivity index is 1.55. The third-order valence-corrected chi connectivity index (χ3v) is 5.62. The van der Waals surface area contributed by atoms with Crippen molar-refractivity contribution in [3.05, 3.63) is 52.6 Å². The molecular formula is C18H19ClN6. The summed E-state index contributed by atoms with van der Waals surface area (Å²) < 4.78 is 1.90. The van der Waals surface area contributed by atoms with Crippen molar-refractivity contribution in [2.45, 2.75) is 44.3 Å². The van der Waals surface area contributed by atoms with Gasteiger partial charge < -0.3 is 10.6 Å². The van der Waals surface area contributed by atoms with Crippen molar-refractivity contribution in [3.8, 4) is 0 Å². The summed E-state index contributed by atoms with van der Waals surface area (Å²) in [5, 5.41) is 12.3. The number of hydrogen-bond acceptors (Lipinski definition) is 5. The van der Waals surface area contributed by atoms with Crippen LogP contribution in [0.15, 0.2) is 30.6 Å². The minimum absolute atomic E-state index is 0.0552. The van der Waals surface area contributed by atoms with Crippen molar-refractivity contribution < 1.29 is 0 Å². The first-order valence-electron chi connectivity index (χ1n) is 8.72. The molecule has 1 saturated carbocycles. The lowest BCUT2D eigenvalue weighted by Gasteiger charge is -2.24. The number of halogens is 1. The average Bonchev–Trinajstić information content (AvgIpc) is 3.35. The standard InChI is InChI=1S/C18H19ClN6/c19-14-4-3-12(9-20-14)10-21-17-13-11-22-18(6-1-2-7-18)16(13)24-15-5-8-23-25(15)17/h3-5,8-9,21-22H,1-2,6-7,10-11H2. The van der Waals surface area contributed by atoms with Crippen LogP contribution in [0, 0.1) is 0 Å². The summed E-state index contributed by atoms with van der Waals surface area (Å²) in [4.78, 5) is 9.10. The quantitative estimate of drug-likeness (QED) is 0.707. The first-order valence-corrected chi connectivity index (χ1v) is 9.09. The zero-order valence-corrected chi connectivity index (χ0v) is 14.6. The van der Waals surface area contributed by atoms with Crippen LogP contribution in [0.4, 0.5) is 5.82 Å². The molecule has 0 radical (unpaired) electrons. The molecule has 7 heteroatoms. The molecule has 0 amide bonds. The Bertz CT molecular complexity index is 927. The molecule has 128 valence electrons. The van der Waals surface area contributed by atoms with Gasteiger partial charge in [0.2, 0.25) is 0 Å². The molecule has 4 heterocycles. The highest BCUT2D eigenvalue weighted by Gasteiger charge is 2.43. The Labute approximate surface area is 150 Å². The van der Waals surface area contributed by atoms with Crippen LogP contribution >= 0.6 is 11.6 Å². The summed E-state index contributed by atoms with van der Waals surface area (Å²) >= 11 is 5.88. The molecular weight excluding hydrogens is 336 g/mol. The fourth-order valence-electron chi connectivity index (χ4n) is 4.15. The summed E-state index contributed by atoms with van der Waals surface area (Å²) in [5.41, 5.74) is 4.47. The zero-order valence-electron chi connectivity index (χ0n) is 13.8. The van der Waals surface area contributed by atoms with Gasteiger partial charge in [0.05, 0.1) is 17.4 Å². The average molecular weight is 355 g/mol. The van der Waals surface area contributed by atoms with Gasteiger partial charge in [-0.25, -0.2) is 9.97 Å². The maximum Gasteiger partial charge on any atom is 0.157 e. The van der Waals surface area contributed by atoms with E-state index in [4.69, 9.17) is 16.6 Å². The van der Waals surface area contributed by atoms with Gasteiger partial charge >= 0.3 is 0 Å². The van der Waals surface area contributed by atoms with Gasteiger partial charge in [-0.3, -0.25) is 0 Å². The van der Waals surface area contributed by atoms with Crippen LogP contribution in [0.25, 0.3) is 5.65 Å². The highest BCUT2D eigenvalue weighted by Crippen LogP contribution is 2.45. The van der Waals surface area contributed by atoms with Crippen molar-refractivity contribution in [1.29, 1.82) is 0 Å². The van der Waals surface area contributed by atoms with E-state index in [2.05, 4.69) is 20.7 Å². The molecule has 1 fully saturated rings. The number of fused-ring (bicyclic) bond motifs is 3. The molecule has 2 N–H and O–H groups in total. The van der Waals surface area contributed by atoms with E-state index >= 15 is 0 Å². The molecule has 3 aromatic rings.